The van der Waals surface area contributed by atoms with Gasteiger partial charge in [-0.1, -0.05) is 0 Å². The lowest BCUT2D eigenvalue weighted by atomic mass is 10.4. The van der Waals surface area contributed by atoms with Gasteiger partial charge in [0, 0.05) is 6.20 Å². The molecule has 90 valence electrons. The van der Waals surface area contributed by atoms with Crippen LogP contribution in [-0.4, -0.2) is 34.4 Å². The van der Waals surface area contributed by atoms with E-state index in [2.05, 4.69) is 14.7 Å². The highest BCUT2D eigenvalue weighted by Crippen LogP contribution is 1.89. The van der Waals surface area contributed by atoms with Crippen LogP contribution in [0.25, 0.3) is 0 Å². The molecule has 0 aromatic carbocycles. The minimum atomic E-state index is -1.07. The van der Waals surface area contributed by atoms with Crippen LogP contribution in [0, 0.1) is 0 Å². The Morgan fingerprint density at radius 3 is 2.71 bits per heavy atom. The fraction of sp³-hybridized carbons (Fsp3) is 0.222. The lowest BCUT2D eigenvalue weighted by molar-refractivity contribution is -0.154. The number of esters is 1. The Morgan fingerprint density at radius 1 is 1.35 bits per heavy atom. The molecule has 0 spiro atoms. The van der Waals surface area contributed by atoms with Crippen molar-refractivity contribution in [3.8, 4) is 0 Å². The summed E-state index contributed by atoms with van der Waals surface area (Å²) in [6.07, 6.45) is 2.55. The molecule has 1 rings (SSSR count). The van der Waals surface area contributed by atoms with Crippen LogP contribution in [0.3, 0.4) is 0 Å². The van der Waals surface area contributed by atoms with Crippen LogP contribution >= 0.6 is 0 Å². The SMILES string of the molecule is CCOC(=O)C(=O)NNC(=O)c1ccncn1. The van der Waals surface area contributed by atoms with Crippen molar-refractivity contribution in [2.24, 2.45) is 0 Å². The molecule has 17 heavy (non-hydrogen) atoms. The molecule has 0 radical (unpaired) electrons. The Kier molecular flexibility index (Phi) is 4.55. The van der Waals surface area contributed by atoms with Crippen molar-refractivity contribution >= 4 is 17.8 Å². The molecule has 1 heterocycles. The van der Waals surface area contributed by atoms with Crippen LogP contribution in [0.5, 0.6) is 0 Å². The zero-order chi connectivity index (χ0) is 12.7. The lowest BCUT2D eigenvalue weighted by Gasteiger charge is -2.05. The maximum Gasteiger partial charge on any atom is 0.398 e. The first-order valence-corrected chi connectivity index (χ1v) is 4.68. The maximum absolute atomic E-state index is 11.4. The maximum atomic E-state index is 11.4. The van der Waals surface area contributed by atoms with Gasteiger partial charge in [0.2, 0.25) is 0 Å². The molecule has 0 fully saturated rings. The first-order valence-electron chi connectivity index (χ1n) is 4.68. The van der Waals surface area contributed by atoms with Crippen molar-refractivity contribution in [1.29, 1.82) is 0 Å². The molecule has 0 aliphatic heterocycles. The third-order valence-electron chi connectivity index (χ3n) is 1.56. The van der Waals surface area contributed by atoms with Crippen LogP contribution in [-0.2, 0) is 14.3 Å². The van der Waals surface area contributed by atoms with E-state index >= 15 is 0 Å². The van der Waals surface area contributed by atoms with E-state index in [9.17, 15) is 14.4 Å². The molecule has 0 aliphatic rings. The number of aromatic nitrogens is 2. The van der Waals surface area contributed by atoms with Gasteiger partial charge in [-0.25, -0.2) is 14.8 Å². The number of ether oxygens (including phenoxy) is 1. The van der Waals surface area contributed by atoms with Gasteiger partial charge in [0.05, 0.1) is 6.61 Å². The second kappa shape index (κ2) is 6.16. The third kappa shape index (κ3) is 3.86. The number of carbonyl (C=O) groups excluding carboxylic acids is 3. The number of hydrogen-bond acceptors (Lipinski definition) is 6. The Balaban J connectivity index is 2.44. The van der Waals surface area contributed by atoms with E-state index in [0.29, 0.717) is 0 Å². The molecule has 2 N–H and O–H groups in total. The monoisotopic (exact) mass is 238 g/mol. The second-order valence-corrected chi connectivity index (χ2v) is 2.72. The van der Waals surface area contributed by atoms with Gasteiger partial charge < -0.3 is 4.74 Å². The smallest absolute Gasteiger partial charge is 0.398 e. The normalized spacial score (nSPS) is 9.24. The molecule has 0 bridgehead atoms. The number of carbonyl (C=O) groups is 3. The summed E-state index contributed by atoms with van der Waals surface area (Å²) < 4.78 is 4.41. The Morgan fingerprint density at radius 2 is 2.12 bits per heavy atom. The van der Waals surface area contributed by atoms with Crippen molar-refractivity contribution in [2.45, 2.75) is 6.92 Å². The summed E-state index contributed by atoms with van der Waals surface area (Å²) in [5.74, 6) is -2.80. The molecule has 8 nitrogen and oxygen atoms in total. The summed E-state index contributed by atoms with van der Waals surface area (Å²) in [6, 6.07) is 1.35. The molecule has 1 aromatic rings. The minimum Gasteiger partial charge on any atom is -0.459 e. The Bertz CT molecular complexity index is 420. The molecule has 2 amide bonds. The van der Waals surface area contributed by atoms with Gasteiger partial charge in [0.1, 0.15) is 12.0 Å². The van der Waals surface area contributed by atoms with E-state index in [1.165, 1.54) is 18.6 Å². The first-order chi connectivity index (χ1) is 8.15. The minimum absolute atomic E-state index is 0.0594. The van der Waals surface area contributed by atoms with Crippen LogP contribution < -0.4 is 10.9 Å². The largest absolute Gasteiger partial charge is 0.459 e. The standard InChI is InChI=1S/C9H10N4O4/c1-2-17-9(16)8(15)13-12-7(14)6-3-4-10-5-11-6/h3-5H,2H2,1H3,(H,12,14)(H,13,15). The fourth-order valence-corrected chi connectivity index (χ4v) is 0.850. The fourth-order valence-electron chi connectivity index (χ4n) is 0.850. The molecular formula is C9H10N4O4. The van der Waals surface area contributed by atoms with Crippen molar-refractivity contribution < 1.29 is 19.1 Å². The van der Waals surface area contributed by atoms with Crippen molar-refractivity contribution in [3.05, 3.63) is 24.3 Å². The predicted molar refractivity (Wildman–Crippen MR) is 54.3 cm³/mol. The van der Waals surface area contributed by atoms with Crippen molar-refractivity contribution in [2.75, 3.05) is 6.61 Å². The number of hydrazine groups is 1. The summed E-state index contributed by atoms with van der Waals surface area (Å²) >= 11 is 0. The molecule has 0 atom stereocenters. The van der Waals surface area contributed by atoms with Crippen LogP contribution in [0.4, 0.5) is 0 Å². The summed E-state index contributed by atoms with van der Waals surface area (Å²) in [4.78, 5) is 40.5. The molecule has 0 aliphatic carbocycles. The van der Waals surface area contributed by atoms with E-state index in [1.807, 2.05) is 10.9 Å². The topological polar surface area (TPSA) is 110 Å². The highest BCUT2D eigenvalue weighted by Gasteiger charge is 2.15. The Hall–Kier alpha value is -2.51. The summed E-state index contributed by atoms with van der Waals surface area (Å²) in [5, 5.41) is 0. The third-order valence-corrected chi connectivity index (χ3v) is 1.56. The van der Waals surface area contributed by atoms with Gasteiger partial charge in [0.15, 0.2) is 0 Å². The molecule has 0 saturated heterocycles. The first kappa shape index (κ1) is 12.6. The molecule has 1 aromatic heterocycles. The van der Waals surface area contributed by atoms with E-state index in [4.69, 9.17) is 0 Å². The number of nitrogens with zero attached hydrogens (tertiary/aromatic N) is 2. The van der Waals surface area contributed by atoms with Crippen molar-refractivity contribution in [3.63, 3.8) is 0 Å². The average Bonchev–Trinajstić information content (AvgIpc) is 2.36. The summed E-state index contributed by atoms with van der Waals surface area (Å²) in [5.41, 5.74) is 3.96. The van der Waals surface area contributed by atoms with Gasteiger partial charge in [-0.2, -0.15) is 0 Å². The molecule has 0 saturated carbocycles. The number of amides is 2. The number of nitrogens with one attached hydrogen (secondary N) is 2. The van der Waals surface area contributed by atoms with E-state index in [1.54, 1.807) is 6.92 Å². The lowest BCUT2D eigenvalue weighted by Crippen LogP contribution is -2.45. The number of hydrogen-bond donors (Lipinski definition) is 2. The van der Waals surface area contributed by atoms with E-state index in [0.717, 1.165) is 0 Å². The molecule has 8 heteroatoms. The zero-order valence-corrected chi connectivity index (χ0v) is 8.97. The van der Waals surface area contributed by atoms with Crippen LogP contribution in [0.15, 0.2) is 18.6 Å². The van der Waals surface area contributed by atoms with Gasteiger partial charge in [-0.05, 0) is 13.0 Å². The Labute approximate surface area is 96.4 Å². The molecule has 0 unspecified atom stereocenters. The van der Waals surface area contributed by atoms with Crippen LogP contribution in [0.1, 0.15) is 17.4 Å². The highest BCUT2D eigenvalue weighted by molar-refractivity contribution is 6.32. The number of rotatable bonds is 2. The van der Waals surface area contributed by atoms with Gasteiger partial charge in [-0.15, -0.1) is 0 Å². The summed E-state index contributed by atoms with van der Waals surface area (Å²) in [7, 11) is 0. The quantitative estimate of drug-likeness (QED) is 0.380. The zero-order valence-electron chi connectivity index (χ0n) is 8.97. The van der Waals surface area contributed by atoms with E-state index in [-0.39, 0.29) is 12.3 Å². The second-order valence-electron chi connectivity index (χ2n) is 2.72. The average molecular weight is 238 g/mol. The van der Waals surface area contributed by atoms with Crippen molar-refractivity contribution in [1.82, 2.24) is 20.8 Å². The molecular weight excluding hydrogens is 228 g/mol. The predicted octanol–water partition coefficient (Wildman–Crippen LogP) is -1.20. The van der Waals surface area contributed by atoms with Crippen LogP contribution in [0.2, 0.25) is 0 Å². The highest BCUT2D eigenvalue weighted by atomic mass is 16.5. The van der Waals surface area contributed by atoms with Gasteiger partial charge in [0.25, 0.3) is 5.91 Å². The van der Waals surface area contributed by atoms with Gasteiger partial charge >= 0.3 is 11.9 Å². The van der Waals surface area contributed by atoms with Gasteiger partial charge in [-0.3, -0.25) is 20.4 Å². The summed E-state index contributed by atoms with van der Waals surface area (Å²) in [6.45, 7) is 1.64. The van der Waals surface area contributed by atoms with E-state index < -0.39 is 17.8 Å².